The lowest BCUT2D eigenvalue weighted by molar-refractivity contribution is -0.115. The maximum Gasteiger partial charge on any atom is 0.237 e. The van der Waals surface area contributed by atoms with Crippen molar-refractivity contribution >= 4 is 29.0 Å². The van der Waals surface area contributed by atoms with Gasteiger partial charge in [0.25, 0.3) is 0 Å². The fourth-order valence-corrected chi connectivity index (χ4v) is 2.21. The van der Waals surface area contributed by atoms with Crippen molar-refractivity contribution in [2.75, 3.05) is 11.1 Å². The van der Waals surface area contributed by atoms with E-state index in [4.69, 9.17) is 5.73 Å². The zero-order valence-corrected chi connectivity index (χ0v) is 12.1. The van der Waals surface area contributed by atoms with Crippen LogP contribution in [0.5, 0.6) is 0 Å². The van der Waals surface area contributed by atoms with Crippen LogP contribution in [0.25, 0.3) is 0 Å². The summed E-state index contributed by atoms with van der Waals surface area (Å²) in [5, 5.41) is 3.08. The lowest BCUT2D eigenvalue weighted by Crippen LogP contribution is -2.23. The van der Waals surface area contributed by atoms with E-state index >= 15 is 0 Å². The Balaban J connectivity index is 1.99. The zero-order chi connectivity index (χ0) is 14.5. The monoisotopic (exact) mass is 288 g/mol. The number of nitrogens with two attached hydrogens (primary N) is 1. The normalized spacial score (nSPS) is 11.9. The molecule has 0 fully saturated rings. The summed E-state index contributed by atoms with van der Waals surface area (Å²) >= 11 is 1.31. The lowest BCUT2D eigenvalue weighted by atomic mass is 10.2. The van der Waals surface area contributed by atoms with Crippen molar-refractivity contribution in [3.63, 3.8) is 0 Å². The second-order valence-electron chi connectivity index (χ2n) is 4.38. The van der Waals surface area contributed by atoms with Crippen molar-refractivity contribution in [3.8, 4) is 0 Å². The summed E-state index contributed by atoms with van der Waals surface area (Å²) < 4.78 is 0. The highest BCUT2D eigenvalue weighted by Gasteiger charge is 2.16. The number of thioether (sulfide) groups is 1. The number of aromatic nitrogens is 2. The molecule has 0 saturated carbocycles. The first-order valence-corrected chi connectivity index (χ1v) is 7.05. The van der Waals surface area contributed by atoms with E-state index in [0.717, 1.165) is 5.56 Å². The quantitative estimate of drug-likeness (QED) is 0.513. The van der Waals surface area contributed by atoms with Crippen LogP contribution in [0.4, 0.5) is 11.4 Å². The molecule has 0 aliphatic carbocycles. The maximum atomic E-state index is 12.1. The van der Waals surface area contributed by atoms with Crippen LogP contribution in [0.1, 0.15) is 12.5 Å². The van der Waals surface area contributed by atoms with Crippen LogP contribution in [0, 0.1) is 6.92 Å². The molecule has 20 heavy (non-hydrogen) atoms. The lowest BCUT2D eigenvalue weighted by Gasteiger charge is -2.12. The minimum Gasteiger partial charge on any atom is -0.397 e. The molecule has 0 radical (unpaired) electrons. The van der Waals surface area contributed by atoms with Gasteiger partial charge in [-0.2, -0.15) is 0 Å². The molecule has 1 heterocycles. The van der Waals surface area contributed by atoms with Crippen LogP contribution in [-0.4, -0.2) is 21.1 Å². The Morgan fingerprint density at radius 2 is 1.95 bits per heavy atom. The van der Waals surface area contributed by atoms with E-state index in [2.05, 4.69) is 15.3 Å². The number of para-hydroxylation sites is 2. The standard InChI is InChI=1S/C14H16N4OS/c1-9-7-16-14(17-8-9)20-10(2)13(19)18-12-6-4-3-5-11(12)15/h3-8,10H,15H2,1-2H3,(H,18,19). The van der Waals surface area contributed by atoms with Gasteiger partial charge in [0.15, 0.2) is 5.16 Å². The highest BCUT2D eigenvalue weighted by Crippen LogP contribution is 2.22. The number of hydrogen-bond acceptors (Lipinski definition) is 5. The van der Waals surface area contributed by atoms with Crippen molar-refractivity contribution in [1.82, 2.24) is 9.97 Å². The molecule has 0 bridgehead atoms. The van der Waals surface area contributed by atoms with Crippen molar-refractivity contribution in [3.05, 3.63) is 42.2 Å². The highest BCUT2D eigenvalue weighted by molar-refractivity contribution is 8.00. The first kappa shape index (κ1) is 14.3. The van der Waals surface area contributed by atoms with Crippen molar-refractivity contribution in [1.29, 1.82) is 0 Å². The number of hydrogen-bond donors (Lipinski definition) is 2. The van der Waals surface area contributed by atoms with Crippen LogP contribution in [0.3, 0.4) is 0 Å². The number of nitrogens with zero attached hydrogens (tertiary/aromatic N) is 2. The molecule has 1 aromatic carbocycles. The van der Waals surface area contributed by atoms with Gasteiger partial charge in [-0.15, -0.1) is 0 Å². The predicted molar refractivity (Wildman–Crippen MR) is 81.6 cm³/mol. The minimum atomic E-state index is -0.308. The van der Waals surface area contributed by atoms with Crippen LogP contribution in [-0.2, 0) is 4.79 Å². The molecular weight excluding hydrogens is 272 g/mol. The second-order valence-corrected chi connectivity index (χ2v) is 5.69. The van der Waals surface area contributed by atoms with Gasteiger partial charge in [-0.05, 0) is 31.5 Å². The zero-order valence-electron chi connectivity index (χ0n) is 11.3. The average molecular weight is 288 g/mol. The smallest absolute Gasteiger partial charge is 0.237 e. The van der Waals surface area contributed by atoms with E-state index in [1.807, 2.05) is 26.0 Å². The van der Waals surface area contributed by atoms with E-state index in [-0.39, 0.29) is 11.2 Å². The Morgan fingerprint density at radius 1 is 1.30 bits per heavy atom. The number of carbonyl (C=O) groups excluding carboxylic acids is 1. The third kappa shape index (κ3) is 3.71. The average Bonchev–Trinajstić information content (AvgIpc) is 2.44. The van der Waals surface area contributed by atoms with Crippen LogP contribution in [0.15, 0.2) is 41.8 Å². The molecule has 5 nitrogen and oxygen atoms in total. The fraction of sp³-hybridized carbons (Fsp3) is 0.214. The third-order valence-corrected chi connectivity index (χ3v) is 3.62. The molecule has 104 valence electrons. The Bertz CT molecular complexity index is 600. The number of amides is 1. The Morgan fingerprint density at radius 3 is 2.60 bits per heavy atom. The fourth-order valence-electron chi connectivity index (χ4n) is 1.50. The van der Waals surface area contributed by atoms with Crippen molar-refractivity contribution < 1.29 is 4.79 Å². The van der Waals surface area contributed by atoms with Gasteiger partial charge in [-0.1, -0.05) is 23.9 Å². The van der Waals surface area contributed by atoms with Crippen LogP contribution < -0.4 is 11.1 Å². The molecular formula is C14H16N4OS. The molecule has 2 rings (SSSR count). The van der Waals surface area contributed by atoms with Gasteiger partial charge in [0, 0.05) is 12.4 Å². The number of rotatable bonds is 4. The van der Waals surface area contributed by atoms with Crippen LogP contribution in [0.2, 0.25) is 0 Å². The van der Waals surface area contributed by atoms with E-state index in [0.29, 0.717) is 16.5 Å². The number of carbonyl (C=O) groups is 1. The van der Waals surface area contributed by atoms with Crippen LogP contribution >= 0.6 is 11.8 Å². The second kappa shape index (κ2) is 6.38. The molecule has 1 unspecified atom stereocenters. The summed E-state index contributed by atoms with van der Waals surface area (Å²) in [6.07, 6.45) is 3.46. The molecule has 6 heteroatoms. The summed E-state index contributed by atoms with van der Waals surface area (Å²) in [7, 11) is 0. The number of nitrogen functional groups attached to an aromatic ring is 1. The number of aryl methyl sites for hydroxylation is 1. The number of anilines is 2. The Hall–Kier alpha value is -2.08. The maximum absolute atomic E-state index is 12.1. The third-order valence-electron chi connectivity index (χ3n) is 2.63. The molecule has 1 aromatic heterocycles. The SMILES string of the molecule is Cc1cnc(SC(C)C(=O)Nc2ccccc2N)nc1. The molecule has 3 N–H and O–H groups in total. The Kier molecular flexibility index (Phi) is 4.57. The van der Waals surface area contributed by atoms with Gasteiger partial charge in [0.05, 0.1) is 16.6 Å². The van der Waals surface area contributed by atoms with Gasteiger partial charge >= 0.3 is 0 Å². The summed E-state index contributed by atoms with van der Waals surface area (Å²) in [6.45, 7) is 3.73. The number of nitrogens with one attached hydrogen (secondary N) is 1. The Labute approximate surface area is 122 Å². The summed E-state index contributed by atoms with van der Waals surface area (Å²) in [6, 6.07) is 7.17. The molecule has 1 amide bonds. The van der Waals surface area contributed by atoms with Gasteiger partial charge in [0.2, 0.25) is 5.91 Å². The highest BCUT2D eigenvalue weighted by atomic mass is 32.2. The van der Waals surface area contributed by atoms with E-state index < -0.39 is 0 Å². The van der Waals surface area contributed by atoms with Gasteiger partial charge in [0.1, 0.15) is 0 Å². The molecule has 0 aliphatic rings. The van der Waals surface area contributed by atoms with Gasteiger partial charge < -0.3 is 11.1 Å². The van der Waals surface area contributed by atoms with Gasteiger partial charge in [-0.25, -0.2) is 9.97 Å². The topological polar surface area (TPSA) is 80.9 Å². The first-order chi connectivity index (χ1) is 9.56. The summed E-state index contributed by atoms with van der Waals surface area (Å²) in [4.78, 5) is 20.4. The first-order valence-electron chi connectivity index (χ1n) is 6.17. The summed E-state index contributed by atoms with van der Waals surface area (Å²) in [5.41, 5.74) is 7.95. The minimum absolute atomic E-state index is 0.128. The number of benzene rings is 1. The molecule has 0 saturated heterocycles. The molecule has 1 atom stereocenters. The summed E-state index contributed by atoms with van der Waals surface area (Å²) in [5.74, 6) is -0.128. The van der Waals surface area contributed by atoms with E-state index in [1.165, 1.54) is 11.8 Å². The van der Waals surface area contributed by atoms with Gasteiger partial charge in [-0.3, -0.25) is 4.79 Å². The molecule has 0 aliphatic heterocycles. The van der Waals surface area contributed by atoms with Crippen molar-refractivity contribution in [2.45, 2.75) is 24.3 Å². The van der Waals surface area contributed by atoms with E-state index in [9.17, 15) is 4.79 Å². The largest absolute Gasteiger partial charge is 0.397 e. The van der Waals surface area contributed by atoms with E-state index in [1.54, 1.807) is 24.5 Å². The molecule has 2 aromatic rings. The molecule has 0 spiro atoms. The van der Waals surface area contributed by atoms with Crippen molar-refractivity contribution in [2.24, 2.45) is 0 Å². The predicted octanol–water partition coefficient (Wildman–Crippen LogP) is 2.49.